The molecule has 0 N–H and O–H groups in total. The Balaban J connectivity index is 1.53. The molecule has 0 saturated carbocycles. The number of fused-ring (bicyclic) bond motifs is 1. The van der Waals surface area contributed by atoms with Gasteiger partial charge in [0.05, 0.1) is 11.4 Å². The average molecular weight is 368 g/mol. The summed E-state index contributed by atoms with van der Waals surface area (Å²) in [6.45, 7) is 7.02. The first-order valence-electron chi connectivity index (χ1n) is 8.83. The lowest BCUT2D eigenvalue weighted by atomic mass is 10.1. The Morgan fingerprint density at radius 2 is 1.92 bits per heavy atom. The standard InChI is InChI=1S/C20H22ClN5/c1-13-18(14(2)25(3)24-13)12-26-9-8-19-16(11-26)10-22-20(23-19)15-4-6-17(21)7-5-15/h4-7,10H,8-9,11-12H2,1-3H3. The van der Waals surface area contributed by atoms with Crippen LogP contribution in [0, 0.1) is 13.8 Å². The second-order valence-electron chi connectivity index (χ2n) is 6.91. The lowest BCUT2D eigenvalue weighted by Crippen LogP contribution is -2.31. The van der Waals surface area contributed by atoms with E-state index in [-0.39, 0.29) is 0 Å². The van der Waals surface area contributed by atoms with Gasteiger partial charge in [-0.25, -0.2) is 9.97 Å². The molecular formula is C20H22ClN5. The van der Waals surface area contributed by atoms with Gasteiger partial charge in [0.2, 0.25) is 0 Å². The third-order valence-corrected chi connectivity index (χ3v) is 5.41. The minimum atomic E-state index is 0.725. The minimum Gasteiger partial charge on any atom is -0.294 e. The largest absolute Gasteiger partial charge is 0.294 e. The fraction of sp³-hybridized carbons (Fsp3) is 0.350. The molecule has 0 saturated heterocycles. The van der Waals surface area contributed by atoms with Crippen LogP contribution in [0.4, 0.5) is 0 Å². The van der Waals surface area contributed by atoms with E-state index >= 15 is 0 Å². The first-order chi connectivity index (χ1) is 12.5. The van der Waals surface area contributed by atoms with Crippen LogP contribution >= 0.6 is 11.6 Å². The molecule has 0 spiro atoms. The molecule has 5 nitrogen and oxygen atoms in total. The van der Waals surface area contributed by atoms with E-state index in [1.54, 1.807) is 0 Å². The van der Waals surface area contributed by atoms with Crippen LogP contribution in [-0.4, -0.2) is 31.2 Å². The van der Waals surface area contributed by atoms with Crippen molar-refractivity contribution in [3.8, 4) is 11.4 Å². The van der Waals surface area contributed by atoms with Crippen molar-refractivity contribution in [1.29, 1.82) is 0 Å². The van der Waals surface area contributed by atoms with Crippen molar-refractivity contribution in [3.63, 3.8) is 0 Å². The van der Waals surface area contributed by atoms with E-state index < -0.39 is 0 Å². The summed E-state index contributed by atoms with van der Waals surface area (Å²) in [6.07, 6.45) is 2.91. The predicted molar refractivity (Wildman–Crippen MR) is 103 cm³/mol. The SMILES string of the molecule is Cc1nn(C)c(C)c1CN1CCc2nc(-c3ccc(Cl)cc3)ncc2C1. The molecule has 1 aliphatic heterocycles. The van der Waals surface area contributed by atoms with E-state index in [9.17, 15) is 0 Å². The molecule has 6 heteroatoms. The fourth-order valence-electron chi connectivity index (χ4n) is 3.52. The molecule has 0 unspecified atom stereocenters. The first kappa shape index (κ1) is 17.2. The molecule has 0 fully saturated rings. The fourth-order valence-corrected chi connectivity index (χ4v) is 3.64. The van der Waals surface area contributed by atoms with Crippen LogP contribution in [0.15, 0.2) is 30.5 Å². The van der Waals surface area contributed by atoms with Crippen molar-refractivity contribution in [2.45, 2.75) is 33.4 Å². The highest BCUT2D eigenvalue weighted by Crippen LogP contribution is 2.24. The summed E-state index contributed by atoms with van der Waals surface area (Å²) in [6, 6.07) is 7.68. The number of hydrogen-bond donors (Lipinski definition) is 0. The van der Waals surface area contributed by atoms with Crippen LogP contribution in [0.1, 0.15) is 28.2 Å². The third-order valence-electron chi connectivity index (χ3n) is 5.16. The maximum atomic E-state index is 5.97. The van der Waals surface area contributed by atoms with E-state index in [1.165, 1.54) is 16.8 Å². The second-order valence-corrected chi connectivity index (χ2v) is 7.34. The molecule has 3 heterocycles. The molecule has 134 valence electrons. The van der Waals surface area contributed by atoms with Crippen LogP contribution in [-0.2, 0) is 26.6 Å². The molecule has 0 atom stereocenters. The maximum Gasteiger partial charge on any atom is 0.159 e. The third kappa shape index (κ3) is 3.24. The Morgan fingerprint density at radius 1 is 1.15 bits per heavy atom. The van der Waals surface area contributed by atoms with E-state index in [2.05, 4.69) is 28.8 Å². The van der Waals surface area contributed by atoms with Crippen molar-refractivity contribution < 1.29 is 0 Å². The van der Waals surface area contributed by atoms with Crippen molar-refractivity contribution in [3.05, 3.63) is 63.7 Å². The zero-order chi connectivity index (χ0) is 18.3. The number of aromatic nitrogens is 4. The van der Waals surface area contributed by atoms with Crippen LogP contribution in [0.3, 0.4) is 0 Å². The zero-order valence-electron chi connectivity index (χ0n) is 15.3. The maximum absolute atomic E-state index is 5.97. The highest BCUT2D eigenvalue weighted by Gasteiger charge is 2.21. The number of aryl methyl sites for hydroxylation is 2. The zero-order valence-corrected chi connectivity index (χ0v) is 16.1. The Labute approximate surface area is 158 Å². The monoisotopic (exact) mass is 367 g/mol. The lowest BCUT2D eigenvalue weighted by molar-refractivity contribution is 0.242. The van der Waals surface area contributed by atoms with Crippen molar-refractivity contribution in [2.75, 3.05) is 6.54 Å². The van der Waals surface area contributed by atoms with Gasteiger partial charge in [0.1, 0.15) is 0 Å². The van der Waals surface area contributed by atoms with E-state index in [1.807, 2.05) is 42.2 Å². The molecular weight excluding hydrogens is 346 g/mol. The molecule has 0 radical (unpaired) electrons. The predicted octanol–water partition coefficient (Wildman–Crippen LogP) is 3.71. The summed E-state index contributed by atoms with van der Waals surface area (Å²) in [5.41, 5.74) is 7.05. The highest BCUT2D eigenvalue weighted by molar-refractivity contribution is 6.30. The van der Waals surface area contributed by atoms with Gasteiger partial charge in [-0.1, -0.05) is 11.6 Å². The average Bonchev–Trinajstić information content (AvgIpc) is 2.88. The van der Waals surface area contributed by atoms with Gasteiger partial charge >= 0.3 is 0 Å². The summed E-state index contributed by atoms with van der Waals surface area (Å²) in [5, 5.41) is 5.25. The van der Waals surface area contributed by atoms with Gasteiger partial charge in [-0.15, -0.1) is 0 Å². The van der Waals surface area contributed by atoms with Crippen LogP contribution in [0.5, 0.6) is 0 Å². The van der Waals surface area contributed by atoms with E-state index in [0.717, 1.165) is 53.9 Å². The van der Waals surface area contributed by atoms with Gasteiger partial charge in [-0.05, 0) is 38.1 Å². The van der Waals surface area contributed by atoms with Crippen LogP contribution in [0.25, 0.3) is 11.4 Å². The van der Waals surface area contributed by atoms with Gasteiger partial charge in [0, 0.05) is 66.7 Å². The normalized spacial score (nSPS) is 14.5. The lowest BCUT2D eigenvalue weighted by Gasteiger charge is -2.28. The minimum absolute atomic E-state index is 0.725. The molecule has 0 aliphatic carbocycles. The van der Waals surface area contributed by atoms with Crippen LogP contribution < -0.4 is 0 Å². The van der Waals surface area contributed by atoms with Crippen molar-refractivity contribution >= 4 is 11.6 Å². The first-order valence-corrected chi connectivity index (χ1v) is 9.21. The van der Waals surface area contributed by atoms with E-state index in [0.29, 0.717) is 0 Å². The molecule has 1 aromatic carbocycles. The summed E-state index contributed by atoms with van der Waals surface area (Å²) < 4.78 is 1.96. The molecule has 1 aliphatic rings. The van der Waals surface area contributed by atoms with Crippen molar-refractivity contribution in [1.82, 2.24) is 24.6 Å². The Hall–Kier alpha value is -2.24. The molecule has 0 amide bonds. The number of benzene rings is 1. The number of halogens is 1. The smallest absolute Gasteiger partial charge is 0.159 e. The van der Waals surface area contributed by atoms with Gasteiger partial charge in [-0.3, -0.25) is 9.58 Å². The summed E-state index contributed by atoms with van der Waals surface area (Å²) in [5.74, 6) is 0.771. The Bertz CT molecular complexity index is 946. The molecule has 4 rings (SSSR count). The van der Waals surface area contributed by atoms with Gasteiger partial charge in [0.15, 0.2) is 5.82 Å². The molecule has 0 bridgehead atoms. The Kier molecular flexibility index (Phi) is 4.51. The summed E-state index contributed by atoms with van der Waals surface area (Å²) in [4.78, 5) is 11.8. The van der Waals surface area contributed by atoms with E-state index in [4.69, 9.17) is 16.6 Å². The van der Waals surface area contributed by atoms with Gasteiger partial charge in [-0.2, -0.15) is 5.10 Å². The van der Waals surface area contributed by atoms with Gasteiger partial charge in [0.25, 0.3) is 0 Å². The Morgan fingerprint density at radius 3 is 2.62 bits per heavy atom. The summed E-state index contributed by atoms with van der Waals surface area (Å²) >= 11 is 5.97. The second kappa shape index (κ2) is 6.82. The molecule has 3 aromatic rings. The van der Waals surface area contributed by atoms with Gasteiger partial charge < -0.3 is 0 Å². The molecule has 26 heavy (non-hydrogen) atoms. The van der Waals surface area contributed by atoms with Crippen molar-refractivity contribution in [2.24, 2.45) is 7.05 Å². The number of hydrogen-bond acceptors (Lipinski definition) is 4. The topological polar surface area (TPSA) is 46.8 Å². The molecule has 2 aromatic heterocycles. The number of rotatable bonds is 3. The van der Waals surface area contributed by atoms with Crippen LogP contribution in [0.2, 0.25) is 5.02 Å². The number of nitrogens with zero attached hydrogens (tertiary/aromatic N) is 5. The quantitative estimate of drug-likeness (QED) is 0.708. The highest BCUT2D eigenvalue weighted by atomic mass is 35.5. The summed E-state index contributed by atoms with van der Waals surface area (Å²) in [7, 11) is 2.00.